The van der Waals surface area contributed by atoms with Crippen molar-refractivity contribution in [2.75, 3.05) is 23.9 Å². The molecule has 0 atom stereocenters. The van der Waals surface area contributed by atoms with E-state index < -0.39 is 10.8 Å². The van der Waals surface area contributed by atoms with Crippen molar-refractivity contribution >= 4 is 40.8 Å². The Morgan fingerprint density at radius 1 is 1.39 bits per heavy atom. The van der Waals surface area contributed by atoms with Crippen LogP contribution >= 0.6 is 23.5 Å². The largest absolute Gasteiger partial charge is 0.495 e. The highest BCUT2D eigenvalue weighted by Crippen LogP contribution is 2.29. The van der Waals surface area contributed by atoms with E-state index in [-0.39, 0.29) is 22.7 Å². The molecular weight excluding hydrogens is 404 g/mol. The van der Waals surface area contributed by atoms with Gasteiger partial charge in [0.15, 0.2) is 5.16 Å². The van der Waals surface area contributed by atoms with Crippen molar-refractivity contribution in [3.63, 3.8) is 0 Å². The summed E-state index contributed by atoms with van der Waals surface area (Å²) in [6.07, 6.45) is 1.04. The second-order valence-corrected chi connectivity index (χ2v) is 7.64. The minimum Gasteiger partial charge on any atom is -0.495 e. The maximum absolute atomic E-state index is 12.2. The molecule has 1 aromatic heterocycles. The number of methoxy groups -OCH3 is 1. The molecule has 1 heterocycles. The molecule has 9 nitrogen and oxygen atoms in total. The average molecular weight is 425 g/mol. The number of anilines is 1. The van der Waals surface area contributed by atoms with Crippen molar-refractivity contribution in [3.05, 3.63) is 50.4 Å². The first-order valence-corrected chi connectivity index (χ1v) is 10.5. The number of hydrogen-bond donors (Lipinski definition) is 2. The van der Waals surface area contributed by atoms with Crippen LogP contribution in [0.3, 0.4) is 0 Å². The standard InChI is InChI=1S/C17H20N4O5S2/c1-3-6-27-9-11-7-15(22)20-17(18-11)28-10-16(23)19-13-8-12(21(24)25)4-5-14(13)26-2/h4-5,7-8H,3,6,9-10H2,1-2H3,(H,19,23)(H,18,20,22). The summed E-state index contributed by atoms with van der Waals surface area (Å²) in [7, 11) is 1.41. The van der Waals surface area contributed by atoms with Gasteiger partial charge in [-0.05, 0) is 18.2 Å². The van der Waals surface area contributed by atoms with Gasteiger partial charge < -0.3 is 15.0 Å². The molecule has 28 heavy (non-hydrogen) atoms. The second-order valence-electron chi connectivity index (χ2n) is 5.57. The summed E-state index contributed by atoms with van der Waals surface area (Å²) in [5, 5.41) is 13.8. The SMILES string of the molecule is CCCSCc1cc(=O)[nH]c(SCC(=O)Nc2cc([N+](=O)[O-])ccc2OC)n1. The highest BCUT2D eigenvalue weighted by Gasteiger charge is 2.14. The molecule has 2 aromatic rings. The van der Waals surface area contributed by atoms with Gasteiger partial charge >= 0.3 is 0 Å². The van der Waals surface area contributed by atoms with E-state index in [1.165, 1.54) is 31.4 Å². The summed E-state index contributed by atoms with van der Waals surface area (Å²) in [6, 6.07) is 5.38. The van der Waals surface area contributed by atoms with Gasteiger partial charge in [-0.3, -0.25) is 19.7 Å². The Labute approximate surface area is 169 Å². The normalized spacial score (nSPS) is 10.5. The third-order valence-electron chi connectivity index (χ3n) is 3.38. The van der Waals surface area contributed by atoms with Gasteiger partial charge in [0.25, 0.3) is 11.2 Å². The minimum atomic E-state index is -0.555. The minimum absolute atomic E-state index is 0.0274. The maximum Gasteiger partial charge on any atom is 0.271 e. The molecule has 0 unspecified atom stereocenters. The van der Waals surface area contributed by atoms with Crippen LogP contribution < -0.4 is 15.6 Å². The van der Waals surface area contributed by atoms with Crippen molar-refractivity contribution in [2.45, 2.75) is 24.3 Å². The average Bonchev–Trinajstić information content (AvgIpc) is 2.66. The van der Waals surface area contributed by atoms with Crippen molar-refractivity contribution in [2.24, 2.45) is 0 Å². The van der Waals surface area contributed by atoms with Crippen LogP contribution in [0.2, 0.25) is 0 Å². The molecule has 0 aliphatic rings. The number of aromatic nitrogens is 2. The summed E-state index contributed by atoms with van der Waals surface area (Å²) < 4.78 is 5.12. The second kappa shape index (κ2) is 10.7. The maximum atomic E-state index is 12.2. The number of amides is 1. The molecule has 0 aliphatic carbocycles. The number of nitrogens with one attached hydrogen (secondary N) is 2. The first-order valence-electron chi connectivity index (χ1n) is 8.36. The number of aromatic amines is 1. The molecular formula is C17H20N4O5S2. The number of nitro groups is 1. The third kappa shape index (κ3) is 6.57. The van der Waals surface area contributed by atoms with E-state index in [0.29, 0.717) is 22.4 Å². The van der Waals surface area contributed by atoms with E-state index >= 15 is 0 Å². The number of nitro benzene ring substituents is 1. The predicted octanol–water partition coefficient (Wildman–Crippen LogP) is 3.06. The molecule has 0 saturated heterocycles. The smallest absolute Gasteiger partial charge is 0.271 e. The van der Waals surface area contributed by atoms with Crippen LogP contribution in [0.15, 0.2) is 34.2 Å². The Morgan fingerprint density at radius 2 is 2.18 bits per heavy atom. The number of thioether (sulfide) groups is 2. The van der Waals surface area contributed by atoms with Crippen LogP contribution in [-0.2, 0) is 10.5 Å². The molecule has 0 spiro atoms. The number of non-ortho nitro benzene ring substituents is 1. The lowest BCUT2D eigenvalue weighted by atomic mass is 10.2. The van der Waals surface area contributed by atoms with Gasteiger partial charge in [-0.2, -0.15) is 11.8 Å². The summed E-state index contributed by atoms with van der Waals surface area (Å²) >= 11 is 2.76. The topological polar surface area (TPSA) is 127 Å². The van der Waals surface area contributed by atoms with Crippen molar-refractivity contribution in [1.29, 1.82) is 0 Å². The number of ether oxygens (including phenoxy) is 1. The lowest BCUT2D eigenvalue weighted by Crippen LogP contribution is -2.16. The third-order valence-corrected chi connectivity index (χ3v) is 5.45. The predicted molar refractivity (Wildman–Crippen MR) is 110 cm³/mol. The molecule has 150 valence electrons. The molecule has 11 heteroatoms. The number of benzene rings is 1. The van der Waals surface area contributed by atoms with E-state index in [1.54, 1.807) is 11.8 Å². The highest BCUT2D eigenvalue weighted by atomic mass is 32.2. The fourth-order valence-electron chi connectivity index (χ4n) is 2.17. The van der Waals surface area contributed by atoms with E-state index in [2.05, 4.69) is 22.2 Å². The molecule has 1 aromatic carbocycles. The highest BCUT2D eigenvalue weighted by molar-refractivity contribution is 7.99. The Bertz CT molecular complexity index is 903. The van der Waals surface area contributed by atoms with Crippen LogP contribution in [0.4, 0.5) is 11.4 Å². The van der Waals surface area contributed by atoms with Gasteiger partial charge in [0, 0.05) is 24.0 Å². The molecule has 0 saturated carbocycles. The molecule has 0 bridgehead atoms. The molecule has 2 rings (SSSR count). The number of hydrogen-bond acceptors (Lipinski definition) is 8. The first-order chi connectivity index (χ1) is 13.4. The van der Waals surface area contributed by atoms with E-state index in [1.807, 2.05) is 0 Å². The fraction of sp³-hybridized carbons (Fsp3) is 0.353. The van der Waals surface area contributed by atoms with Crippen LogP contribution in [0.25, 0.3) is 0 Å². The monoisotopic (exact) mass is 424 g/mol. The lowest BCUT2D eigenvalue weighted by molar-refractivity contribution is -0.384. The van der Waals surface area contributed by atoms with Crippen molar-refractivity contribution in [1.82, 2.24) is 9.97 Å². The molecule has 0 fully saturated rings. The summed E-state index contributed by atoms with van der Waals surface area (Å²) in [5.74, 6) is 1.48. The summed E-state index contributed by atoms with van der Waals surface area (Å²) in [6.45, 7) is 2.08. The fourth-order valence-corrected chi connectivity index (χ4v) is 3.66. The number of carbonyl (C=O) groups is 1. The van der Waals surface area contributed by atoms with Gasteiger partial charge in [0.1, 0.15) is 5.75 Å². The molecule has 0 aliphatic heterocycles. The lowest BCUT2D eigenvalue weighted by Gasteiger charge is -2.10. The Hall–Kier alpha value is -2.53. The van der Waals surface area contributed by atoms with Crippen LogP contribution in [0, 0.1) is 10.1 Å². The van der Waals surface area contributed by atoms with E-state index in [0.717, 1.165) is 23.9 Å². The number of carbonyl (C=O) groups excluding carboxylic acids is 1. The molecule has 0 radical (unpaired) electrons. The number of H-pyrrole nitrogens is 1. The van der Waals surface area contributed by atoms with Gasteiger partial charge in [-0.15, -0.1) is 0 Å². The quantitative estimate of drug-likeness (QED) is 0.196. The zero-order valence-corrected chi connectivity index (χ0v) is 17.0. The van der Waals surface area contributed by atoms with Gasteiger partial charge in [-0.25, -0.2) is 4.98 Å². The van der Waals surface area contributed by atoms with Crippen LogP contribution in [0.1, 0.15) is 19.0 Å². The zero-order chi connectivity index (χ0) is 20.5. The van der Waals surface area contributed by atoms with Crippen LogP contribution in [-0.4, -0.2) is 39.4 Å². The van der Waals surface area contributed by atoms with E-state index in [9.17, 15) is 19.7 Å². The molecule has 2 N–H and O–H groups in total. The Balaban J connectivity index is 2.02. The summed E-state index contributed by atoms with van der Waals surface area (Å²) in [4.78, 5) is 41.3. The Kier molecular flexibility index (Phi) is 8.33. The van der Waals surface area contributed by atoms with Crippen molar-refractivity contribution < 1.29 is 14.5 Å². The Morgan fingerprint density at radius 3 is 2.86 bits per heavy atom. The first kappa shape index (κ1) is 21.8. The van der Waals surface area contributed by atoms with Gasteiger partial charge in [0.05, 0.1) is 29.2 Å². The summed E-state index contributed by atoms with van der Waals surface area (Å²) in [5.41, 5.74) is 0.427. The number of nitrogens with zero attached hydrogens (tertiary/aromatic N) is 2. The zero-order valence-electron chi connectivity index (χ0n) is 15.4. The van der Waals surface area contributed by atoms with E-state index in [4.69, 9.17) is 4.74 Å². The van der Waals surface area contributed by atoms with Gasteiger partial charge in [0.2, 0.25) is 5.91 Å². The number of rotatable bonds is 10. The van der Waals surface area contributed by atoms with Crippen molar-refractivity contribution in [3.8, 4) is 5.75 Å². The van der Waals surface area contributed by atoms with Gasteiger partial charge in [-0.1, -0.05) is 18.7 Å². The van der Waals surface area contributed by atoms with Crippen LogP contribution in [0.5, 0.6) is 5.75 Å². The molecule has 1 amide bonds.